The minimum atomic E-state index is -2.96. The van der Waals surface area contributed by atoms with E-state index in [1.165, 1.54) is 12.1 Å². The number of hydrogen-bond acceptors (Lipinski definition) is 6. The van der Waals surface area contributed by atoms with Gasteiger partial charge in [-0.25, -0.2) is 9.78 Å². The minimum absolute atomic E-state index is 0.0717. The van der Waals surface area contributed by atoms with Crippen molar-refractivity contribution in [2.24, 2.45) is 5.92 Å². The fourth-order valence-corrected chi connectivity index (χ4v) is 4.33. The molecule has 0 bridgehead atoms. The number of benzene rings is 2. The Labute approximate surface area is 203 Å². The third-order valence-corrected chi connectivity index (χ3v) is 6.09. The number of fused-ring (bicyclic) bond motifs is 1. The van der Waals surface area contributed by atoms with Crippen LogP contribution in [0.1, 0.15) is 25.7 Å². The number of ether oxygens (including phenoxy) is 1. The molecule has 1 fully saturated rings. The van der Waals surface area contributed by atoms with Crippen LogP contribution in [0.25, 0.3) is 10.9 Å². The first-order chi connectivity index (χ1) is 16.9. The first-order valence-electron chi connectivity index (χ1n) is 11.7. The normalized spacial score (nSPS) is 17.7. The lowest BCUT2D eigenvalue weighted by molar-refractivity contribution is -0.0493. The highest BCUT2D eigenvalue weighted by Gasteiger charge is 2.23. The van der Waals surface area contributed by atoms with Gasteiger partial charge in [-0.1, -0.05) is 24.3 Å². The van der Waals surface area contributed by atoms with E-state index >= 15 is 0 Å². The lowest BCUT2D eigenvalue weighted by Crippen LogP contribution is -2.36. The lowest BCUT2D eigenvalue weighted by atomic mass is 9.86. The summed E-state index contributed by atoms with van der Waals surface area (Å²) in [6.45, 7) is -2.45. The number of aromatic nitrogens is 2. The number of alkyl halides is 2. The number of halogens is 2. The van der Waals surface area contributed by atoms with E-state index < -0.39 is 12.6 Å². The van der Waals surface area contributed by atoms with Crippen LogP contribution in [0, 0.1) is 5.92 Å². The average molecular weight is 485 g/mol. The second kappa shape index (κ2) is 11.2. The van der Waals surface area contributed by atoms with Crippen LogP contribution in [0.3, 0.4) is 0 Å². The zero-order valence-corrected chi connectivity index (χ0v) is 19.8. The van der Waals surface area contributed by atoms with Crippen LogP contribution in [-0.4, -0.2) is 49.3 Å². The molecule has 10 heteroatoms. The van der Waals surface area contributed by atoms with E-state index in [0.717, 1.165) is 42.4 Å². The molecule has 0 atom stereocenters. The third-order valence-electron chi connectivity index (χ3n) is 6.09. The summed E-state index contributed by atoms with van der Waals surface area (Å²) >= 11 is 0. The van der Waals surface area contributed by atoms with Gasteiger partial charge in [0.25, 0.3) is 0 Å². The van der Waals surface area contributed by atoms with Crippen molar-refractivity contribution in [3.05, 3.63) is 48.5 Å². The topological polar surface area (TPSA) is 91.4 Å². The Balaban J connectivity index is 1.27. The molecule has 0 spiro atoms. The monoisotopic (exact) mass is 484 g/mol. The van der Waals surface area contributed by atoms with Gasteiger partial charge in [0, 0.05) is 32.1 Å². The number of carbonyl (C=O) groups is 1. The van der Waals surface area contributed by atoms with Gasteiger partial charge in [-0.3, -0.25) is 0 Å². The van der Waals surface area contributed by atoms with Gasteiger partial charge in [0.05, 0.1) is 11.2 Å². The number of rotatable bonds is 8. The summed E-state index contributed by atoms with van der Waals surface area (Å²) in [5.74, 6) is 1.76. The molecule has 1 aromatic heterocycles. The molecule has 2 amide bonds. The highest BCUT2D eigenvalue weighted by Crippen LogP contribution is 2.29. The van der Waals surface area contributed by atoms with E-state index in [2.05, 4.69) is 25.7 Å². The Hall–Kier alpha value is -3.69. The summed E-state index contributed by atoms with van der Waals surface area (Å²) in [6.07, 6.45) is 3.76. The highest BCUT2D eigenvalue weighted by molar-refractivity contribution is 5.91. The van der Waals surface area contributed by atoms with Crippen LogP contribution in [0.15, 0.2) is 48.5 Å². The Bertz CT molecular complexity index is 1150. The third kappa shape index (κ3) is 6.46. The first kappa shape index (κ1) is 24.4. The van der Waals surface area contributed by atoms with Gasteiger partial charge in [0.2, 0.25) is 5.95 Å². The quantitative estimate of drug-likeness (QED) is 0.413. The fraction of sp³-hybridized carbons (Fsp3) is 0.400. The van der Waals surface area contributed by atoms with Crippen molar-refractivity contribution in [1.29, 1.82) is 0 Å². The molecule has 35 heavy (non-hydrogen) atoms. The van der Waals surface area contributed by atoms with Crippen LogP contribution in [-0.2, 0) is 0 Å². The maximum Gasteiger partial charge on any atom is 0.387 e. The van der Waals surface area contributed by atoms with Crippen molar-refractivity contribution in [2.75, 3.05) is 36.2 Å². The molecule has 1 aliphatic rings. The van der Waals surface area contributed by atoms with Crippen LogP contribution in [0.2, 0.25) is 0 Å². The van der Waals surface area contributed by atoms with Crippen molar-refractivity contribution < 1.29 is 18.3 Å². The van der Waals surface area contributed by atoms with Crippen LogP contribution < -0.4 is 25.6 Å². The largest absolute Gasteiger partial charge is 0.433 e. The number of amides is 2. The summed E-state index contributed by atoms with van der Waals surface area (Å²) in [5.41, 5.74) is 1.10. The van der Waals surface area contributed by atoms with E-state index in [9.17, 15) is 13.6 Å². The van der Waals surface area contributed by atoms with E-state index in [1.54, 1.807) is 12.1 Å². The number of hydrogen-bond donors (Lipinski definition) is 3. The highest BCUT2D eigenvalue weighted by atomic mass is 19.3. The SMILES string of the molecule is CN(C)c1nc(N[C@H]2CC[C@@H](CNC(=O)Nc3ccccc3OC(F)F)CC2)nc2ccccc12. The summed E-state index contributed by atoms with van der Waals surface area (Å²) in [7, 11) is 3.94. The van der Waals surface area contributed by atoms with Crippen LogP contribution >= 0.6 is 0 Å². The van der Waals surface area contributed by atoms with E-state index in [-0.39, 0.29) is 17.5 Å². The zero-order valence-electron chi connectivity index (χ0n) is 19.8. The molecule has 2 aromatic carbocycles. The maximum absolute atomic E-state index is 12.6. The summed E-state index contributed by atoms with van der Waals surface area (Å²) in [6, 6.07) is 13.9. The van der Waals surface area contributed by atoms with Crippen molar-refractivity contribution >= 4 is 34.4 Å². The molecule has 186 valence electrons. The molecule has 3 aromatic rings. The molecular formula is C25H30F2N6O2. The van der Waals surface area contributed by atoms with Gasteiger partial charge in [0.15, 0.2) is 0 Å². The molecule has 4 rings (SSSR count). The van der Waals surface area contributed by atoms with Gasteiger partial charge in [0.1, 0.15) is 11.6 Å². The molecule has 0 aliphatic heterocycles. The predicted octanol–water partition coefficient (Wildman–Crippen LogP) is 5.09. The van der Waals surface area contributed by atoms with E-state index in [0.29, 0.717) is 18.4 Å². The minimum Gasteiger partial charge on any atom is -0.433 e. The average Bonchev–Trinajstić information content (AvgIpc) is 2.84. The van der Waals surface area contributed by atoms with Crippen LogP contribution in [0.4, 0.5) is 31.0 Å². The Morgan fingerprint density at radius 3 is 2.51 bits per heavy atom. The fourth-order valence-electron chi connectivity index (χ4n) is 4.33. The van der Waals surface area contributed by atoms with Crippen molar-refractivity contribution in [1.82, 2.24) is 15.3 Å². The van der Waals surface area contributed by atoms with Crippen LogP contribution in [0.5, 0.6) is 5.75 Å². The molecule has 3 N–H and O–H groups in total. The number of urea groups is 1. The second-order valence-corrected chi connectivity index (χ2v) is 8.85. The predicted molar refractivity (Wildman–Crippen MR) is 133 cm³/mol. The molecule has 1 aliphatic carbocycles. The van der Waals surface area contributed by atoms with Gasteiger partial charge in [-0.2, -0.15) is 13.8 Å². The smallest absolute Gasteiger partial charge is 0.387 e. The van der Waals surface area contributed by atoms with Crippen molar-refractivity contribution in [3.8, 4) is 5.75 Å². The second-order valence-electron chi connectivity index (χ2n) is 8.85. The molecule has 0 saturated heterocycles. The van der Waals surface area contributed by atoms with Crippen molar-refractivity contribution in [2.45, 2.75) is 38.3 Å². The van der Waals surface area contributed by atoms with Gasteiger partial charge < -0.3 is 25.6 Å². The van der Waals surface area contributed by atoms with E-state index in [1.807, 2.05) is 43.3 Å². The van der Waals surface area contributed by atoms with Crippen molar-refractivity contribution in [3.63, 3.8) is 0 Å². The number of nitrogens with one attached hydrogen (secondary N) is 3. The summed E-state index contributed by atoms with van der Waals surface area (Å²) in [5, 5.41) is 9.92. The number of carbonyl (C=O) groups excluding carboxylic acids is 1. The Morgan fingerprint density at radius 2 is 1.77 bits per heavy atom. The molecule has 8 nitrogen and oxygen atoms in total. The van der Waals surface area contributed by atoms with Gasteiger partial charge in [-0.05, 0) is 55.9 Å². The number of para-hydroxylation sites is 3. The molecule has 0 radical (unpaired) electrons. The standard InChI is InChI=1S/C25H30F2N6O2/c1-33(2)22-18-7-3-4-8-19(18)30-24(32-22)29-17-13-11-16(12-14-17)15-28-25(34)31-20-9-5-6-10-21(20)35-23(26)27/h3-10,16-17,23H,11-15H2,1-2H3,(H2,28,31,34)(H,29,30,32)/t16-,17+. The summed E-state index contributed by atoms with van der Waals surface area (Å²) < 4.78 is 29.6. The molecule has 0 unspecified atom stereocenters. The molecule has 1 saturated carbocycles. The lowest BCUT2D eigenvalue weighted by Gasteiger charge is -2.29. The maximum atomic E-state index is 12.6. The zero-order chi connectivity index (χ0) is 24.8. The molecule has 1 heterocycles. The van der Waals surface area contributed by atoms with Gasteiger partial charge in [-0.15, -0.1) is 0 Å². The molecular weight excluding hydrogens is 454 g/mol. The van der Waals surface area contributed by atoms with Gasteiger partial charge >= 0.3 is 12.6 Å². The first-order valence-corrected chi connectivity index (χ1v) is 11.7. The van der Waals surface area contributed by atoms with E-state index in [4.69, 9.17) is 4.98 Å². The Kier molecular flexibility index (Phi) is 7.79. The number of anilines is 3. The number of nitrogens with zero attached hydrogens (tertiary/aromatic N) is 3. The summed E-state index contributed by atoms with van der Waals surface area (Å²) in [4.78, 5) is 23.7. The Morgan fingerprint density at radius 1 is 1.06 bits per heavy atom.